The first-order chi connectivity index (χ1) is 6.87. The smallest absolute Gasteiger partial charge is 0.219 e. The molecule has 4 nitrogen and oxygen atoms in total. The summed E-state index contributed by atoms with van der Waals surface area (Å²) in [7, 11) is -3.07. The zero-order valence-corrected chi connectivity index (χ0v) is 10.3. The molecular formula is C10H20N2O2S. The van der Waals surface area contributed by atoms with Crippen LogP contribution in [0.2, 0.25) is 0 Å². The molecule has 0 spiro atoms. The molecule has 1 heterocycles. The first-order valence-corrected chi connectivity index (χ1v) is 7.06. The number of hydrogen-bond donors (Lipinski definition) is 1. The molecule has 2 atom stereocenters. The number of nitrogens with two attached hydrogens (primary N) is 1. The van der Waals surface area contributed by atoms with Crippen molar-refractivity contribution in [3.05, 3.63) is 0 Å². The topological polar surface area (TPSA) is 63.4 Å². The molecule has 0 radical (unpaired) electrons. The quantitative estimate of drug-likeness (QED) is 0.755. The standard InChI is InChI=1S/C10H20N2O2S/c1-8-7-12(6-3-9(8)11)15(13,14)10(2)4-5-10/h8-9H,3-7,11H2,1-2H3. The van der Waals surface area contributed by atoms with E-state index in [0.29, 0.717) is 13.1 Å². The summed E-state index contributed by atoms with van der Waals surface area (Å²) in [5.74, 6) is 0.274. The van der Waals surface area contributed by atoms with E-state index in [9.17, 15) is 8.42 Å². The van der Waals surface area contributed by atoms with Gasteiger partial charge in [0, 0.05) is 19.1 Å². The molecule has 2 unspecified atom stereocenters. The van der Waals surface area contributed by atoms with Crippen LogP contribution in [0.5, 0.6) is 0 Å². The Labute approximate surface area is 91.9 Å². The molecular weight excluding hydrogens is 212 g/mol. The van der Waals surface area contributed by atoms with Crippen molar-refractivity contribution in [2.24, 2.45) is 11.7 Å². The largest absolute Gasteiger partial charge is 0.327 e. The lowest BCUT2D eigenvalue weighted by atomic mass is 9.96. The van der Waals surface area contributed by atoms with Crippen molar-refractivity contribution in [3.8, 4) is 0 Å². The minimum Gasteiger partial charge on any atom is -0.327 e. The van der Waals surface area contributed by atoms with Crippen molar-refractivity contribution >= 4 is 10.0 Å². The molecule has 1 saturated carbocycles. The SMILES string of the molecule is CC1CN(S(=O)(=O)C2(C)CC2)CCC1N. The van der Waals surface area contributed by atoms with Gasteiger partial charge in [-0.15, -0.1) is 0 Å². The molecule has 0 aromatic rings. The van der Waals surface area contributed by atoms with Crippen LogP contribution in [0.3, 0.4) is 0 Å². The molecule has 1 saturated heterocycles. The average Bonchev–Trinajstić information content (AvgIpc) is 2.90. The van der Waals surface area contributed by atoms with Crippen LogP contribution < -0.4 is 5.73 Å². The van der Waals surface area contributed by atoms with Gasteiger partial charge in [0.1, 0.15) is 0 Å². The molecule has 0 aromatic heterocycles. The summed E-state index contributed by atoms with van der Waals surface area (Å²) in [5.41, 5.74) is 5.89. The van der Waals surface area contributed by atoms with E-state index in [1.54, 1.807) is 4.31 Å². The van der Waals surface area contributed by atoms with Gasteiger partial charge in [-0.2, -0.15) is 0 Å². The van der Waals surface area contributed by atoms with Crippen LogP contribution in [0.1, 0.15) is 33.1 Å². The zero-order valence-electron chi connectivity index (χ0n) is 9.44. The maximum absolute atomic E-state index is 12.2. The first kappa shape index (κ1) is 11.4. The van der Waals surface area contributed by atoms with Gasteiger partial charge in [0.15, 0.2) is 0 Å². The van der Waals surface area contributed by atoms with E-state index < -0.39 is 14.8 Å². The van der Waals surface area contributed by atoms with Crippen LogP contribution in [0.4, 0.5) is 0 Å². The van der Waals surface area contributed by atoms with E-state index in [0.717, 1.165) is 19.3 Å². The Morgan fingerprint density at radius 2 is 2.00 bits per heavy atom. The highest BCUT2D eigenvalue weighted by atomic mass is 32.2. The van der Waals surface area contributed by atoms with Gasteiger partial charge in [0.25, 0.3) is 0 Å². The number of nitrogens with zero attached hydrogens (tertiary/aromatic N) is 1. The lowest BCUT2D eigenvalue weighted by Gasteiger charge is -2.35. The molecule has 88 valence electrons. The molecule has 15 heavy (non-hydrogen) atoms. The molecule has 1 aliphatic heterocycles. The Hall–Kier alpha value is -0.130. The molecule has 2 aliphatic rings. The summed E-state index contributed by atoms with van der Waals surface area (Å²) in [6.45, 7) is 5.08. The van der Waals surface area contributed by atoms with Crippen LogP contribution >= 0.6 is 0 Å². The van der Waals surface area contributed by atoms with Crippen molar-refractivity contribution in [2.75, 3.05) is 13.1 Å². The Bertz CT molecular complexity index is 348. The van der Waals surface area contributed by atoms with Crippen molar-refractivity contribution < 1.29 is 8.42 Å². The van der Waals surface area contributed by atoms with Crippen LogP contribution in [0, 0.1) is 5.92 Å². The summed E-state index contributed by atoms with van der Waals surface area (Å²) in [4.78, 5) is 0. The highest BCUT2D eigenvalue weighted by Crippen LogP contribution is 2.45. The zero-order chi connectivity index (χ0) is 11.3. The fourth-order valence-corrected chi connectivity index (χ4v) is 4.11. The lowest BCUT2D eigenvalue weighted by Crippen LogP contribution is -2.50. The first-order valence-electron chi connectivity index (χ1n) is 5.62. The highest BCUT2D eigenvalue weighted by Gasteiger charge is 2.53. The maximum Gasteiger partial charge on any atom is 0.219 e. The number of rotatable bonds is 2. The molecule has 2 rings (SSSR count). The maximum atomic E-state index is 12.2. The van der Waals surface area contributed by atoms with E-state index in [4.69, 9.17) is 5.73 Å². The molecule has 0 bridgehead atoms. The van der Waals surface area contributed by atoms with Crippen LogP contribution in [-0.2, 0) is 10.0 Å². The summed E-state index contributed by atoms with van der Waals surface area (Å²) < 4.78 is 25.6. The number of hydrogen-bond acceptors (Lipinski definition) is 3. The van der Waals surface area contributed by atoms with Crippen molar-refractivity contribution in [2.45, 2.75) is 43.9 Å². The van der Waals surface area contributed by atoms with Crippen LogP contribution in [0.15, 0.2) is 0 Å². The van der Waals surface area contributed by atoms with Gasteiger partial charge in [-0.25, -0.2) is 12.7 Å². The second-order valence-corrected chi connectivity index (χ2v) is 7.69. The molecule has 2 N–H and O–H groups in total. The summed E-state index contributed by atoms with van der Waals surface area (Å²) in [6, 6.07) is 0.156. The van der Waals surface area contributed by atoms with Crippen molar-refractivity contribution in [1.29, 1.82) is 0 Å². The average molecular weight is 232 g/mol. The van der Waals surface area contributed by atoms with E-state index in [1.807, 2.05) is 13.8 Å². The van der Waals surface area contributed by atoms with Crippen LogP contribution in [0.25, 0.3) is 0 Å². The Balaban J connectivity index is 2.12. The molecule has 5 heteroatoms. The Kier molecular flexibility index (Phi) is 2.60. The molecule has 2 fully saturated rings. The van der Waals surface area contributed by atoms with Crippen LogP contribution in [-0.4, -0.2) is 36.6 Å². The van der Waals surface area contributed by atoms with Gasteiger partial charge >= 0.3 is 0 Å². The fraction of sp³-hybridized carbons (Fsp3) is 1.00. The second-order valence-electron chi connectivity index (χ2n) is 5.24. The summed E-state index contributed by atoms with van der Waals surface area (Å²) in [5, 5.41) is 0. The molecule has 0 amide bonds. The second kappa shape index (κ2) is 3.43. The molecule has 1 aliphatic carbocycles. The number of piperidine rings is 1. The van der Waals surface area contributed by atoms with E-state index in [-0.39, 0.29) is 12.0 Å². The summed E-state index contributed by atoms with van der Waals surface area (Å²) in [6.07, 6.45) is 2.41. The third-order valence-electron chi connectivity index (χ3n) is 3.85. The lowest BCUT2D eigenvalue weighted by molar-refractivity contribution is 0.248. The van der Waals surface area contributed by atoms with Gasteiger partial charge in [-0.1, -0.05) is 6.92 Å². The van der Waals surface area contributed by atoms with Gasteiger partial charge in [-0.05, 0) is 32.1 Å². The highest BCUT2D eigenvalue weighted by molar-refractivity contribution is 7.90. The minimum absolute atomic E-state index is 0.156. The van der Waals surface area contributed by atoms with E-state index >= 15 is 0 Å². The Morgan fingerprint density at radius 1 is 1.40 bits per heavy atom. The van der Waals surface area contributed by atoms with Gasteiger partial charge in [0.2, 0.25) is 10.0 Å². The monoisotopic (exact) mass is 232 g/mol. The minimum atomic E-state index is -3.07. The van der Waals surface area contributed by atoms with Crippen molar-refractivity contribution in [3.63, 3.8) is 0 Å². The normalized spacial score (nSPS) is 36.5. The van der Waals surface area contributed by atoms with Gasteiger partial charge in [0.05, 0.1) is 4.75 Å². The predicted octanol–water partition coefficient (Wildman–Crippen LogP) is 0.538. The summed E-state index contributed by atoms with van der Waals surface area (Å²) >= 11 is 0. The predicted molar refractivity (Wildman–Crippen MR) is 59.9 cm³/mol. The number of sulfonamides is 1. The third kappa shape index (κ3) is 1.81. The van der Waals surface area contributed by atoms with Gasteiger partial charge < -0.3 is 5.73 Å². The van der Waals surface area contributed by atoms with E-state index in [2.05, 4.69) is 0 Å². The van der Waals surface area contributed by atoms with Crippen molar-refractivity contribution in [1.82, 2.24) is 4.31 Å². The van der Waals surface area contributed by atoms with Gasteiger partial charge in [-0.3, -0.25) is 0 Å². The molecule has 0 aromatic carbocycles. The third-order valence-corrected chi connectivity index (χ3v) is 6.52. The fourth-order valence-electron chi connectivity index (χ4n) is 2.09. The Morgan fingerprint density at radius 3 is 2.47 bits per heavy atom. The van der Waals surface area contributed by atoms with E-state index in [1.165, 1.54) is 0 Å².